The van der Waals surface area contributed by atoms with E-state index in [1.807, 2.05) is 0 Å². The van der Waals surface area contributed by atoms with Crippen molar-refractivity contribution in [1.29, 1.82) is 0 Å². The number of aryl methyl sites for hydroxylation is 1. The molecule has 0 radical (unpaired) electrons. The van der Waals surface area contributed by atoms with Crippen LogP contribution in [-0.2, 0) is 6.42 Å². The van der Waals surface area contributed by atoms with Crippen LogP contribution in [0.2, 0.25) is 0 Å². The Morgan fingerprint density at radius 3 is 2.47 bits per heavy atom. The highest BCUT2D eigenvalue weighted by Gasteiger charge is 2.02. The summed E-state index contributed by atoms with van der Waals surface area (Å²) < 4.78 is 1.19. The van der Waals surface area contributed by atoms with E-state index in [9.17, 15) is 0 Å². The van der Waals surface area contributed by atoms with Crippen LogP contribution >= 0.6 is 15.9 Å². The van der Waals surface area contributed by atoms with Gasteiger partial charge in [0, 0.05) is 4.47 Å². The molecular formula is C14H15Br. The lowest BCUT2D eigenvalue weighted by Crippen LogP contribution is -1.87. The molecule has 0 aromatic heterocycles. The third-order valence-corrected chi connectivity index (χ3v) is 3.45. The van der Waals surface area contributed by atoms with Gasteiger partial charge in [0.2, 0.25) is 0 Å². The number of benzene rings is 2. The molecule has 0 fully saturated rings. The molecule has 0 N–H and O–H groups in total. The van der Waals surface area contributed by atoms with E-state index in [1.165, 1.54) is 40.1 Å². The molecule has 0 heterocycles. The summed E-state index contributed by atoms with van der Waals surface area (Å²) in [5, 5.41) is 2.71. The van der Waals surface area contributed by atoms with E-state index in [0.29, 0.717) is 0 Å². The van der Waals surface area contributed by atoms with Crippen molar-refractivity contribution < 1.29 is 0 Å². The normalized spacial score (nSPS) is 10.8. The molecule has 78 valence electrons. The van der Waals surface area contributed by atoms with E-state index in [0.717, 1.165) is 0 Å². The second kappa shape index (κ2) is 4.80. The Hall–Kier alpha value is -0.820. The molecule has 0 spiro atoms. The summed E-state index contributed by atoms with van der Waals surface area (Å²) in [7, 11) is 0. The van der Waals surface area contributed by atoms with Crippen LogP contribution in [0.15, 0.2) is 40.9 Å². The topological polar surface area (TPSA) is 0 Å². The SMILES string of the molecule is CCCCc1ccc(Br)c2ccccc12. The maximum Gasteiger partial charge on any atom is 0.0253 e. The molecule has 0 saturated carbocycles. The largest absolute Gasteiger partial charge is 0.0654 e. The number of halogens is 1. The van der Waals surface area contributed by atoms with Crippen LogP contribution in [0.4, 0.5) is 0 Å². The van der Waals surface area contributed by atoms with Crippen LogP contribution in [0, 0.1) is 0 Å². The van der Waals surface area contributed by atoms with Crippen LogP contribution in [0.1, 0.15) is 25.3 Å². The Labute approximate surface area is 99.4 Å². The maximum atomic E-state index is 3.60. The van der Waals surface area contributed by atoms with Crippen molar-refractivity contribution in [3.05, 3.63) is 46.4 Å². The Morgan fingerprint density at radius 2 is 1.73 bits per heavy atom. The number of unbranched alkanes of at least 4 members (excludes halogenated alkanes) is 1. The first-order valence-electron chi connectivity index (χ1n) is 5.49. The molecule has 15 heavy (non-hydrogen) atoms. The Morgan fingerprint density at radius 1 is 1.00 bits per heavy atom. The third-order valence-electron chi connectivity index (χ3n) is 2.76. The van der Waals surface area contributed by atoms with Crippen LogP contribution < -0.4 is 0 Å². The predicted octanol–water partition coefficient (Wildman–Crippen LogP) is 4.94. The second-order valence-corrected chi connectivity index (χ2v) is 4.71. The molecule has 0 nitrogen and oxygen atoms in total. The monoisotopic (exact) mass is 262 g/mol. The smallest absolute Gasteiger partial charge is 0.0253 e. The van der Waals surface area contributed by atoms with Gasteiger partial charge in [-0.25, -0.2) is 0 Å². The van der Waals surface area contributed by atoms with E-state index in [-0.39, 0.29) is 0 Å². The zero-order valence-corrected chi connectivity index (χ0v) is 10.5. The zero-order valence-electron chi connectivity index (χ0n) is 8.96. The lowest BCUT2D eigenvalue weighted by atomic mass is 10.0. The summed E-state index contributed by atoms with van der Waals surface area (Å²) in [6.45, 7) is 2.24. The van der Waals surface area contributed by atoms with Crippen LogP contribution in [0.25, 0.3) is 10.8 Å². The van der Waals surface area contributed by atoms with E-state index < -0.39 is 0 Å². The molecule has 0 aliphatic carbocycles. The Balaban J connectivity index is 2.51. The minimum atomic E-state index is 1.18. The molecule has 0 atom stereocenters. The summed E-state index contributed by atoms with van der Waals surface area (Å²) >= 11 is 3.60. The van der Waals surface area contributed by atoms with E-state index >= 15 is 0 Å². The summed E-state index contributed by atoms with van der Waals surface area (Å²) in [6.07, 6.45) is 3.71. The fourth-order valence-electron chi connectivity index (χ4n) is 1.91. The van der Waals surface area contributed by atoms with Crippen molar-refractivity contribution in [2.75, 3.05) is 0 Å². The molecule has 2 rings (SSSR count). The fourth-order valence-corrected chi connectivity index (χ4v) is 2.39. The summed E-state index contributed by atoms with van der Waals surface area (Å²) in [4.78, 5) is 0. The highest BCUT2D eigenvalue weighted by atomic mass is 79.9. The molecule has 0 saturated heterocycles. The van der Waals surface area contributed by atoms with Crippen molar-refractivity contribution in [3.8, 4) is 0 Å². The minimum Gasteiger partial charge on any atom is -0.0654 e. The standard InChI is InChI=1S/C14H15Br/c1-2-3-6-11-9-10-14(15)13-8-5-4-7-12(11)13/h4-5,7-10H,2-3,6H2,1H3. The van der Waals surface area contributed by atoms with Crippen molar-refractivity contribution in [3.63, 3.8) is 0 Å². The molecule has 0 unspecified atom stereocenters. The van der Waals surface area contributed by atoms with E-state index in [2.05, 4.69) is 59.3 Å². The van der Waals surface area contributed by atoms with Gasteiger partial charge < -0.3 is 0 Å². The van der Waals surface area contributed by atoms with Crippen LogP contribution in [0.3, 0.4) is 0 Å². The van der Waals surface area contributed by atoms with E-state index in [4.69, 9.17) is 0 Å². The number of hydrogen-bond acceptors (Lipinski definition) is 0. The molecule has 0 bridgehead atoms. The maximum absolute atomic E-state index is 3.60. The molecule has 2 aromatic carbocycles. The lowest BCUT2D eigenvalue weighted by molar-refractivity contribution is 0.799. The quantitative estimate of drug-likeness (QED) is 0.735. The van der Waals surface area contributed by atoms with Crippen LogP contribution in [-0.4, -0.2) is 0 Å². The highest BCUT2D eigenvalue weighted by molar-refractivity contribution is 9.10. The summed E-state index contributed by atoms with van der Waals surface area (Å²) in [5.74, 6) is 0. The van der Waals surface area contributed by atoms with Crippen molar-refractivity contribution in [2.45, 2.75) is 26.2 Å². The van der Waals surface area contributed by atoms with Gasteiger partial charge in [-0.05, 0) is 35.2 Å². The Bertz CT molecular complexity index is 460. The van der Waals surface area contributed by atoms with Gasteiger partial charge in [0.05, 0.1) is 0 Å². The average Bonchev–Trinajstić information content (AvgIpc) is 2.29. The zero-order chi connectivity index (χ0) is 10.7. The van der Waals surface area contributed by atoms with Gasteiger partial charge in [-0.3, -0.25) is 0 Å². The molecule has 1 heteroatoms. The molecular weight excluding hydrogens is 248 g/mol. The first-order valence-corrected chi connectivity index (χ1v) is 6.28. The van der Waals surface area contributed by atoms with Gasteiger partial charge in [-0.2, -0.15) is 0 Å². The van der Waals surface area contributed by atoms with Gasteiger partial charge in [-0.1, -0.05) is 59.6 Å². The van der Waals surface area contributed by atoms with Crippen molar-refractivity contribution >= 4 is 26.7 Å². The van der Waals surface area contributed by atoms with Gasteiger partial charge in [-0.15, -0.1) is 0 Å². The molecule has 2 aromatic rings. The highest BCUT2D eigenvalue weighted by Crippen LogP contribution is 2.27. The van der Waals surface area contributed by atoms with Crippen LogP contribution in [0.5, 0.6) is 0 Å². The van der Waals surface area contributed by atoms with Gasteiger partial charge >= 0.3 is 0 Å². The first-order chi connectivity index (χ1) is 7.33. The van der Waals surface area contributed by atoms with Gasteiger partial charge in [0.25, 0.3) is 0 Å². The number of fused-ring (bicyclic) bond motifs is 1. The summed E-state index contributed by atoms with van der Waals surface area (Å²) in [5.41, 5.74) is 1.47. The third kappa shape index (κ3) is 2.23. The van der Waals surface area contributed by atoms with Gasteiger partial charge in [0.15, 0.2) is 0 Å². The lowest BCUT2D eigenvalue weighted by Gasteiger charge is -2.07. The Kier molecular flexibility index (Phi) is 3.42. The van der Waals surface area contributed by atoms with Crippen molar-refractivity contribution in [1.82, 2.24) is 0 Å². The molecule has 0 aliphatic rings. The summed E-state index contributed by atoms with van der Waals surface area (Å²) in [6, 6.07) is 13.0. The minimum absolute atomic E-state index is 1.18. The number of hydrogen-bond donors (Lipinski definition) is 0. The predicted molar refractivity (Wildman–Crippen MR) is 70.3 cm³/mol. The first kappa shape index (κ1) is 10.7. The number of rotatable bonds is 3. The van der Waals surface area contributed by atoms with Gasteiger partial charge in [0.1, 0.15) is 0 Å². The van der Waals surface area contributed by atoms with E-state index in [1.54, 1.807) is 0 Å². The second-order valence-electron chi connectivity index (χ2n) is 3.86. The van der Waals surface area contributed by atoms with Crippen molar-refractivity contribution in [2.24, 2.45) is 0 Å². The fraction of sp³-hybridized carbons (Fsp3) is 0.286. The average molecular weight is 263 g/mol. The molecule has 0 amide bonds. The molecule has 0 aliphatic heterocycles.